The highest BCUT2D eigenvalue weighted by molar-refractivity contribution is 14.1. The van der Waals surface area contributed by atoms with Crippen molar-refractivity contribution in [1.29, 1.82) is 5.26 Å². The zero-order chi connectivity index (χ0) is 7.56. The third-order valence-corrected chi connectivity index (χ3v) is 1.97. The molecule has 0 amide bonds. The number of rotatable bonds is 0. The Morgan fingerprint density at radius 2 is 2.40 bits per heavy atom. The third kappa shape index (κ3) is 1.45. The van der Waals surface area contributed by atoms with Gasteiger partial charge < -0.3 is 0 Å². The average Bonchev–Trinajstić information content (AvgIpc) is 1.94. The summed E-state index contributed by atoms with van der Waals surface area (Å²) in [5.41, 5.74) is 1.59. The number of halogens is 1. The lowest BCUT2D eigenvalue weighted by molar-refractivity contribution is 1.18. The molecule has 0 aliphatic heterocycles. The van der Waals surface area contributed by atoms with Gasteiger partial charge in [-0.05, 0) is 35.6 Å². The summed E-state index contributed by atoms with van der Waals surface area (Å²) in [6, 6.07) is 3.87. The van der Waals surface area contributed by atoms with E-state index in [0.29, 0.717) is 5.56 Å². The van der Waals surface area contributed by atoms with Crippen LogP contribution in [0.5, 0.6) is 0 Å². The number of aromatic nitrogens is 1. The van der Waals surface area contributed by atoms with Crippen LogP contribution in [0.25, 0.3) is 0 Å². The van der Waals surface area contributed by atoms with Gasteiger partial charge in [-0.2, -0.15) is 5.26 Å². The van der Waals surface area contributed by atoms with Gasteiger partial charge in [-0.15, -0.1) is 0 Å². The van der Waals surface area contributed by atoms with Gasteiger partial charge in [-0.3, -0.25) is 4.98 Å². The Balaban J connectivity index is 3.25. The van der Waals surface area contributed by atoms with Crippen LogP contribution in [0.2, 0.25) is 0 Å². The van der Waals surface area contributed by atoms with Crippen LogP contribution in [0.3, 0.4) is 0 Å². The minimum absolute atomic E-state index is 0.702. The molecule has 0 atom stereocenters. The summed E-state index contributed by atoms with van der Waals surface area (Å²) in [4.78, 5) is 4.03. The molecule has 0 unspecified atom stereocenters. The molecular weight excluding hydrogens is 239 g/mol. The lowest BCUT2D eigenvalue weighted by Crippen LogP contribution is -1.86. The molecule has 10 heavy (non-hydrogen) atoms. The van der Waals surface area contributed by atoms with Gasteiger partial charge in [-0.1, -0.05) is 0 Å². The standard InChI is InChI=1S/C7H5IN2/c1-5-2-6(3-9)7(8)4-10-5/h2,4H,1H3. The van der Waals surface area contributed by atoms with E-state index in [1.54, 1.807) is 12.3 Å². The largest absolute Gasteiger partial charge is 0.260 e. The van der Waals surface area contributed by atoms with Gasteiger partial charge in [0.2, 0.25) is 0 Å². The number of hydrogen-bond donors (Lipinski definition) is 0. The van der Waals surface area contributed by atoms with Crippen LogP contribution in [0.1, 0.15) is 11.3 Å². The van der Waals surface area contributed by atoms with Gasteiger partial charge in [0.15, 0.2) is 0 Å². The van der Waals surface area contributed by atoms with Crippen LogP contribution in [-0.2, 0) is 0 Å². The number of pyridine rings is 1. The number of aryl methyl sites for hydroxylation is 1. The smallest absolute Gasteiger partial charge is 0.100 e. The molecule has 50 valence electrons. The van der Waals surface area contributed by atoms with Crippen LogP contribution in [0.4, 0.5) is 0 Å². The van der Waals surface area contributed by atoms with Gasteiger partial charge in [0.1, 0.15) is 6.07 Å². The van der Waals surface area contributed by atoms with Gasteiger partial charge in [-0.25, -0.2) is 0 Å². The predicted molar refractivity (Wildman–Crippen MR) is 46.4 cm³/mol. The Morgan fingerprint density at radius 3 is 2.90 bits per heavy atom. The van der Waals surface area contributed by atoms with Crippen LogP contribution >= 0.6 is 22.6 Å². The molecule has 1 rings (SSSR count). The van der Waals surface area contributed by atoms with E-state index < -0.39 is 0 Å². The van der Waals surface area contributed by atoms with E-state index in [1.165, 1.54) is 0 Å². The highest BCUT2D eigenvalue weighted by Gasteiger charge is 1.97. The first-order valence-corrected chi connectivity index (χ1v) is 3.84. The fourth-order valence-corrected chi connectivity index (χ4v) is 1.04. The van der Waals surface area contributed by atoms with Crippen molar-refractivity contribution in [3.63, 3.8) is 0 Å². The maximum Gasteiger partial charge on any atom is 0.100 e. The first-order chi connectivity index (χ1) is 4.74. The van der Waals surface area contributed by atoms with Crippen molar-refractivity contribution in [3.05, 3.63) is 27.1 Å². The van der Waals surface area contributed by atoms with Crippen molar-refractivity contribution in [1.82, 2.24) is 4.98 Å². The van der Waals surface area contributed by atoms with E-state index in [0.717, 1.165) is 9.26 Å². The quantitative estimate of drug-likeness (QED) is 0.653. The summed E-state index contributed by atoms with van der Waals surface area (Å²) in [6.45, 7) is 1.87. The first kappa shape index (κ1) is 7.48. The SMILES string of the molecule is Cc1cc(C#N)c(I)cn1. The normalized spacial score (nSPS) is 8.90. The van der Waals surface area contributed by atoms with Gasteiger partial charge >= 0.3 is 0 Å². The molecule has 0 N–H and O–H groups in total. The van der Waals surface area contributed by atoms with Crippen LogP contribution in [0, 0.1) is 21.8 Å². The maximum absolute atomic E-state index is 8.56. The van der Waals surface area contributed by atoms with Crippen molar-refractivity contribution in [2.24, 2.45) is 0 Å². The fourth-order valence-electron chi connectivity index (χ4n) is 0.629. The first-order valence-electron chi connectivity index (χ1n) is 2.76. The number of nitrogens with zero attached hydrogens (tertiary/aromatic N) is 2. The van der Waals surface area contributed by atoms with Gasteiger partial charge in [0.25, 0.3) is 0 Å². The monoisotopic (exact) mass is 244 g/mol. The second-order valence-electron chi connectivity index (χ2n) is 1.92. The molecule has 0 aliphatic rings. The lowest BCUT2D eigenvalue weighted by atomic mass is 10.2. The van der Waals surface area contributed by atoms with E-state index in [-0.39, 0.29) is 0 Å². The van der Waals surface area contributed by atoms with Crippen LogP contribution in [0.15, 0.2) is 12.3 Å². The van der Waals surface area contributed by atoms with Crippen LogP contribution < -0.4 is 0 Å². The minimum Gasteiger partial charge on any atom is -0.260 e. The van der Waals surface area contributed by atoms with Crippen molar-refractivity contribution in [2.45, 2.75) is 6.92 Å². The van der Waals surface area contributed by atoms with E-state index in [2.05, 4.69) is 33.6 Å². The molecule has 0 radical (unpaired) electrons. The van der Waals surface area contributed by atoms with Crippen molar-refractivity contribution in [3.8, 4) is 6.07 Å². The third-order valence-electron chi connectivity index (χ3n) is 1.11. The predicted octanol–water partition coefficient (Wildman–Crippen LogP) is 1.87. The Kier molecular flexibility index (Phi) is 2.22. The Hall–Kier alpha value is -0.630. The number of hydrogen-bond acceptors (Lipinski definition) is 2. The second kappa shape index (κ2) is 2.97. The molecule has 2 nitrogen and oxygen atoms in total. The summed E-state index contributed by atoms with van der Waals surface area (Å²) in [6.07, 6.45) is 1.70. The molecule has 0 saturated heterocycles. The average molecular weight is 244 g/mol. The zero-order valence-corrected chi connectivity index (χ0v) is 7.58. The van der Waals surface area contributed by atoms with E-state index in [9.17, 15) is 0 Å². The second-order valence-corrected chi connectivity index (χ2v) is 3.08. The maximum atomic E-state index is 8.56. The summed E-state index contributed by atoms with van der Waals surface area (Å²) < 4.78 is 0.908. The Bertz CT molecular complexity index is 288. The molecule has 1 aromatic rings. The molecule has 1 heterocycles. The van der Waals surface area contributed by atoms with Crippen molar-refractivity contribution < 1.29 is 0 Å². The van der Waals surface area contributed by atoms with E-state index >= 15 is 0 Å². The molecular formula is C7H5IN2. The molecule has 3 heteroatoms. The zero-order valence-electron chi connectivity index (χ0n) is 5.43. The molecule has 0 spiro atoms. The molecule has 0 bridgehead atoms. The molecule has 0 fully saturated rings. The Labute approximate surface area is 73.0 Å². The van der Waals surface area contributed by atoms with Crippen LogP contribution in [-0.4, -0.2) is 4.98 Å². The van der Waals surface area contributed by atoms with E-state index in [1.807, 2.05) is 6.92 Å². The van der Waals surface area contributed by atoms with Crippen molar-refractivity contribution in [2.75, 3.05) is 0 Å². The lowest BCUT2D eigenvalue weighted by Gasteiger charge is -1.93. The number of nitriles is 1. The summed E-state index contributed by atoms with van der Waals surface area (Å²) in [5.74, 6) is 0. The fraction of sp³-hybridized carbons (Fsp3) is 0.143. The minimum atomic E-state index is 0.702. The van der Waals surface area contributed by atoms with E-state index in [4.69, 9.17) is 5.26 Å². The highest BCUT2D eigenvalue weighted by Crippen LogP contribution is 2.09. The van der Waals surface area contributed by atoms with Gasteiger partial charge in [0.05, 0.1) is 5.56 Å². The van der Waals surface area contributed by atoms with Crippen molar-refractivity contribution >= 4 is 22.6 Å². The highest BCUT2D eigenvalue weighted by atomic mass is 127. The molecule has 0 aromatic carbocycles. The molecule has 1 aromatic heterocycles. The van der Waals surface area contributed by atoms with Gasteiger partial charge in [0, 0.05) is 15.5 Å². The summed E-state index contributed by atoms with van der Waals surface area (Å²) in [7, 11) is 0. The summed E-state index contributed by atoms with van der Waals surface area (Å²) >= 11 is 2.09. The topological polar surface area (TPSA) is 36.7 Å². The Morgan fingerprint density at radius 1 is 1.70 bits per heavy atom. The molecule has 0 aliphatic carbocycles. The summed E-state index contributed by atoms with van der Waals surface area (Å²) in [5, 5.41) is 8.56. The molecule has 0 saturated carbocycles.